The Bertz CT molecular complexity index is 630. The Morgan fingerprint density at radius 3 is 2.43 bits per heavy atom. The first-order valence-corrected chi connectivity index (χ1v) is 7.46. The number of rotatable bonds is 4. The van der Waals surface area contributed by atoms with Gasteiger partial charge in [0.1, 0.15) is 0 Å². The molecule has 110 valence electrons. The molecule has 0 saturated carbocycles. The minimum absolute atomic E-state index is 0.0315. The number of benzene rings is 1. The summed E-state index contributed by atoms with van der Waals surface area (Å²) in [6.45, 7) is 3.99. The number of hydrogen-bond acceptors (Lipinski definition) is 3. The molecule has 0 spiro atoms. The zero-order valence-corrected chi connectivity index (χ0v) is 13.2. The van der Waals surface area contributed by atoms with Crippen LogP contribution in [0.3, 0.4) is 0 Å². The highest BCUT2D eigenvalue weighted by atomic mass is 32.1. The quantitative estimate of drug-likeness (QED) is 0.943. The number of thiophene rings is 1. The molecule has 2 rings (SSSR count). The smallest absolute Gasteiger partial charge is 0.264 e. The van der Waals surface area contributed by atoms with E-state index >= 15 is 0 Å². The fourth-order valence-electron chi connectivity index (χ4n) is 1.88. The summed E-state index contributed by atoms with van der Waals surface area (Å²) in [5.74, 6) is -0.332. The molecule has 4 nitrogen and oxygen atoms in total. The summed E-state index contributed by atoms with van der Waals surface area (Å²) < 4.78 is 0. The maximum Gasteiger partial charge on any atom is 0.264 e. The van der Waals surface area contributed by atoms with Crippen LogP contribution >= 0.6 is 11.3 Å². The fraction of sp³-hybridized carbons (Fsp3) is 0.250. The van der Waals surface area contributed by atoms with Crippen LogP contribution in [0.25, 0.3) is 0 Å². The van der Waals surface area contributed by atoms with E-state index < -0.39 is 0 Å². The molecule has 2 amide bonds. The number of anilines is 1. The van der Waals surface area contributed by atoms with Crippen LogP contribution in [-0.2, 0) is 4.79 Å². The number of para-hydroxylation sites is 1. The Morgan fingerprint density at radius 2 is 1.86 bits per heavy atom. The van der Waals surface area contributed by atoms with Gasteiger partial charge in [-0.05, 0) is 37.6 Å². The first kappa shape index (κ1) is 15.3. The van der Waals surface area contributed by atoms with Crippen molar-refractivity contribution in [1.29, 1.82) is 0 Å². The minimum Gasteiger partial charge on any atom is -0.332 e. The first-order valence-electron chi connectivity index (χ1n) is 6.65. The highest BCUT2D eigenvalue weighted by Crippen LogP contribution is 2.21. The second-order valence-corrected chi connectivity index (χ2v) is 6.18. The van der Waals surface area contributed by atoms with Gasteiger partial charge in [-0.15, -0.1) is 11.3 Å². The molecule has 1 aromatic carbocycles. The second-order valence-electron chi connectivity index (χ2n) is 4.93. The zero-order valence-electron chi connectivity index (χ0n) is 12.3. The molecule has 0 aliphatic carbocycles. The summed E-state index contributed by atoms with van der Waals surface area (Å²) in [6.07, 6.45) is 0. The lowest BCUT2D eigenvalue weighted by Crippen LogP contribution is -2.34. The molecule has 0 radical (unpaired) electrons. The first-order chi connectivity index (χ1) is 9.97. The van der Waals surface area contributed by atoms with Crippen molar-refractivity contribution in [2.75, 3.05) is 18.9 Å². The zero-order chi connectivity index (χ0) is 15.4. The highest BCUT2D eigenvalue weighted by molar-refractivity contribution is 7.14. The van der Waals surface area contributed by atoms with Crippen LogP contribution in [0, 0.1) is 13.8 Å². The van der Waals surface area contributed by atoms with Gasteiger partial charge in [0.2, 0.25) is 5.91 Å². The predicted molar refractivity (Wildman–Crippen MR) is 85.8 cm³/mol. The molecule has 1 heterocycles. The monoisotopic (exact) mass is 302 g/mol. The lowest BCUT2D eigenvalue weighted by Gasteiger charge is -2.15. The second kappa shape index (κ2) is 6.54. The molecule has 2 aromatic rings. The average molecular weight is 302 g/mol. The Balaban J connectivity index is 1.96. The van der Waals surface area contributed by atoms with Crippen LogP contribution < -0.4 is 5.32 Å². The molecule has 0 fully saturated rings. The van der Waals surface area contributed by atoms with Crippen molar-refractivity contribution < 1.29 is 9.59 Å². The van der Waals surface area contributed by atoms with E-state index in [4.69, 9.17) is 0 Å². The topological polar surface area (TPSA) is 49.4 Å². The third-order valence-electron chi connectivity index (χ3n) is 3.16. The van der Waals surface area contributed by atoms with Crippen molar-refractivity contribution in [2.45, 2.75) is 13.8 Å². The van der Waals surface area contributed by atoms with E-state index in [2.05, 4.69) is 5.32 Å². The maximum absolute atomic E-state index is 12.3. The van der Waals surface area contributed by atoms with Crippen LogP contribution in [0.15, 0.2) is 36.4 Å². The third-order valence-corrected chi connectivity index (χ3v) is 4.30. The van der Waals surface area contributed by atoms with Gasteiger partial charge >= 0.3 is 0 Å². The Hall–Kier alpha value is -2.14. The molecule has 0 aliphatic heterocycles. The molecule has 21 heavy (non-hydrogen) atoms. The Morgan fingerprint density at radius 1 is 1.19 bits per heavy atom. The van der Waals surface area contributed by atoms with Gasteiger partial charge in [0.25, 0.3) is 5.91 Å². The van der Waals surface area contributed by atoms with Crippen LogP contribution in [0.4, 0.5) is 5.69 Å². The fourth-order valence-corrected chi connectivity index (χ4v) is 2.90. The average Bonchev–Trinajstić information content (AvgIpc) is 2.78. The maximum atomic E-state index is 12.3. The standard InChI is InChI=1S/C16H18N2O2S/c1-11-9-14(21-12(11)2)16(20)18(3)10-15(19)17-13-7-5-4-6-8-13/h4-9H,10H2,1-3H3,(H,17,19). The van der Waals surface area contributed by atoms with Gasteiger partial charge in [-0.25, -0.2) is 0 Å². The van der Waals surface area contributed by atoms with Crippen molar-refractivity contribution in [3.05, 3.63) is 51.7 Å². The molecular formula is C16H18N2O2S. The van der Waals surface area contributed by atoms with E-state index in [1.54, 1.807) is 7.05 Å². The Labute approximate surface area is 128 Å². The number of amides is 2. The molecule has 0 atom stereocenters. The van der Waals surface area contributed by atoms with Gasteiger partial charge in [0, 0.05) is 17.6 Å². The van der Waals surface area contributed by atoms with Gasteiger partial charge in [0.15, 0.2) is 0 Å². The summed E-state index contributed by atoms with van der Waals surface area (Å²) in [5, 5.41) is 2.77. The Kier molecular flexibility index (Phi) is 4.75. The van der Waals surface area contributed by atoms with Crippen molar-refractivity contribution in [2.24, 2.45) is 0 Å². The van der Waals surface area contributed by atoms with Crippen LogP contribution in [0.1, 0.15) is 20.1 Å². The number of carbonyl (C=O) groups excluding carboxylic acids is 2. The van der Waals surface area contributed by atoms with E-state index in [-0.39, 0.29) is 18.4 Å². The lowest BCUT2D eigenvalue weighted by molar-refractivity contribution is -0.116. The van der Waals surface area contributed by atoms with E-state index in [1.165, 1.54) is 16.2 Å². The lowest BCUT2D eigenvalue weighted by atomic mass is 10.2. The number of nitrogens with zero attached hydrogens (tertiary/aromatic N) is 1. The highest BCUT2D eigenvalue weighted by Gasteiger charge is 2.17. The number of carbonyl (C=O) groups is 2. The number of aryl methyl sites for hydroxylation is 2. The van der Waals surface area contributed by atoms with E-state index in [0.29, 0.717) is 4.88 Å². The SMILES string of the molecule is Cc1cc(C(=O)N(C)CC(=O)Nc2ccccc2)sc1C. The van der Waals surface area contributed by atoms with Crippen molar-refractivity contribution in [3.63, 3.8) is 0 Å². The van der Waals surface area contributed by atoms with Gasteiger partial charge < -0.3 is 10.2 Å². The third kappa shape index (κ3) is 3.92. The van der Waals surface area contributed by atoms with Crippen molar-refractivity contribution >= 4 is 28.8 Å². The number of nitrogens with one attached hydrogen (secondary N) is 1. The van der Waals surface area contributed by atoms with Crippen molar-refractivity contribution in [1.82, 2.24) is 4.90 Å². The van der Waals surface area contributed by atoms with E-state index in [0.717, 1.165) is 16.1 Å². The number of hydrogen-bond donors (Lipinski definition) is 1. The molecule has 0 aliphatic rings. The molecule has 0 saturated heterocycles. The van der Waals surface area contributed by atoms with Crippen LogP contribution in [-0.4, -0.2) is 30.3 Å². The van der Waals surface area contributed by atoms with Crippen LogP contribution in [0.5, 0.6) is 0 Å². The van der Waals surface area contributed by atoms with E-state index in [9.17, 15) is 9.59 Å². The summed E-state index contributed by atoms with van der Waals surface area (Å²) in [7, 11) is 1.64. The summed E-state index contributed by atoms with van der Waals surface area (Å²) >= 11 is 1.46. The van der Waals surface area contributed by atoms with Gasteiger partial charge in [-0.1, -0.05) is 18.2 Å². The molecule has 1 N–H and O–H groups in total. The van der Waals surface area contributed by atoms with Gasteiger partial charge in [-0.3, -0.25) is 9.59 Å². The van der Waals surface area contributed by atoms with Gasteiger partial charge in [-0.2, -0.15) is 0 Å². The summed E-state index contributed by atoms with van der Waals surface area (Å²) in [6, 6.07) is 11.1. The van der Waals surface area contributed by atoms with E-state index in [1.807, 2.05) is 50.2 Å². The molecular weight excluding hydrogens is 284 g/mol. The number of likely N-dealkylation sites (N-methyl/N-ethyl adjacent to an activating group) is 1. The minimum atomic E-state index is -0.206. The molecule has 0 unspecified atom stereocenters. The predicted octanol–water partition coefficient (Wildman–Crippen LogP) is 3.08. The molecule has 5 heteroatoms. The van der Waals surface area contributed by atoms with Crippen LogP contribution in [0.2, 0.25) is 0 Å². The van der Waals surface area contributed by atoms with Crippen molar-refractivity contribution in [3.8, 4) is 0 Å². The normalized spacial score (nSPS) is 10.2. The largest absolute Gasteiger partial charge is 0.332 e. The van der Waals surface area contributed by atoms with Gasteiger partial charge in [0.05, 0.1) is 11.4 Å². The molecule has 1 aromatic heterocycles. The summed E-state index contributed by atoms with van der Waals surface area (Å²) in [5.41, 5.74) is 1.83. The molecule has 0 bridgehead atoms. The summed E-state index contributed by atoms with van der Waals surface area (Å²) in [4.78, 5) is 27.4.